The molecule has 0 N–H and O–H groups in total. The summed E-state index contributed by atoms with van der Waals surface area (Å²) in [4.78, 5) is 35.4. The summed E-state index contributed by atoms with van der Waals surface area (Å²) < 4.78 is 7.10. The van der Waals surface area contributed by atoms with Crippen molar-refractivity contribution in [2.24, 2.45) is 7.05 Å². The maximum Gasteiger partial charge on any atom is 0.345 e. The number of rotatable bonds is 5. The molecule has 18 heavy (non-hydrogen) atoms. The highest BCUT2D eigenvalue weighted by atomic mass is 16.5. The molecule has 1 aromatic heterocycles. The third-order valence-electron chi connectivity index (χ3n) is 2.56. The van der Waals surface area contributed by atoms with Crippen molar-refractivity contribution in [3.05, 3.63) is 32.6 Å². The molecule has 6 heteroatoms. The van der Waals surface area contributed by atoms with Crippen LogP contribution in [0.2, 0.25) is 0 Å². The minimum atomic E-state index is -0.691. The Morgan fingerprint density at radius 1 is 1.33 bits per heavy atom. The fourth-order valence-corrected chi connectivity index (χ4v) is 1.59. The van der Waals surface area contributed by atoms with Gasteiger partial charge in [-0.15, -0.1) is 0 Å². The van der Waals surface area contributed by atoms with Crippen LogP contribution >= 0.6 is 0 Å². The maximum absolute atomic E-state index is 12.0. The molecule has 0 aliphatic carbocycles. The van der Waals surface area contributed by atoms with Crippen molar-refractivity contribution in [3.8, 4) is 0 Å². The third-order valence-corrected chi connectivity index (χ3v) is 2.56. The molecular weight excluding hydrogens is 236 g/mol. The summed E-state index contributed by atoms with van der Waals surface area (Å²) in [5.74, 6) is -0.691. The van der Waals surface area contributed by atoms with Crippen LogP contribution in [0.25, 0.3) is 0 Å². The molecule has 0 fully saturated rings. The van der Waals surface area contributed by atoms with Gasteiger partial charge in [0.15, 0.2) is 0 Å². The van der Waals surface area contributed by atoms with Gasteiger partial charge in [-0.1, -0.05) is 13.3 Å². The fourth-order valence-electron chi connectivity index (χ4n) is 1.59. The third kappa shape index (κ3) is 2.88. The lowest BCUT2D eigenvalue weighted by atomic mass is 10.3. The monoisotopic (exact) mass is 254 g/mol. The van der Waals surface area contributed by atoms with E-state index in [0.29, 0.717) is 13.0 Å². The van der Waals surface area contributed by atoms with Gasteiger partial charge in [0.25, 0.3) is 5.56 Å². The minimum Gasteiger partial charge on any atom is -0.462 e. The van der Waals surface area contributed by atoms with E-state index in [1.807, 2.05) is 6.92 Å². The number of aromatic nitrogens is 2. The second-order valence-electron chi connectivity index (χ2n) is 3.97. The van der Waals surface area contributed by atoms with Crippen molar-refractivity contribution >= 4 is 5.97 Å². The second kappa shape index (κ2) is 6.18. The van der Waals surface area contributed by atoms with Gasteiger partial charge in [0.1, 0.15) is 5.56 Å². The van der Waals surface area contributed by atoms with Crippen LogP contribution in [0.1, 0.15) is 37.0 Å². The van der Waals surface area contributed by atoms with Crippen LogP contribution in [-0.2, 0) is 18.3 Å². The zero-order valence-electron chi connectivity index (χ0n) is 10.9. The summed E-state index contributed by atoms with van der Waals surface area (Å²) in [6.07, 6.45) is 2.80. The summed E-state index contributed by atoms with van der Waals surface area (Å²) in [5.41, 5.74) is -1.10. The first-order valence-electron chi connectivity index (χ1n) is 6.00. The molecule has 0 unspecified atom stereocenters. The SMILES string of the molecule is CCCCn1c(=O)c(C(=O)OCC)cn(C)c1=O. The predicted molar refractivity (Wildman–Crippen MR) is 66.8 cm³/mol. The highest BCUT2D eigenvalue weighted by Crippen LogP contribution is 1.95. The Hall–Kier alpha value is -1.85. The molecular formula is C12H18N2O4. The van der Waals surface area contributed by atoms with Gasteiger partial charge in [-0.3, -0.25) is 9.36 Å². The molecule has 0 aromatic carbocycles. The van der Waals surface area contributed by atoms with Crippen molar-refractivity contribution in [1.82, 2.24) is 9.13 Å². The topological polar surface area (TPSA) is 70.3 Å². The van der Waals surface area contributed by atoms with E-state index in [0.717, 1.165) is 11.0 Å². The number of carbonyl (C=O) groups excluding carboxylic acids is 1. The summed E-state index contributed by atoms with van der Waals surface area (Å²) >= 11 is 0. The number of esters is 1. The zero-order valence-corrected chi connectivity index (χ0v) is 10.9. The quantitative estimate of drug-likeness (QED) is 0.718. The van der Waals surface area contributed by atoms with Gasteiger partial charge in [-0.05, 0) is 13.3 Å². The van der Waals surface area contributed by atoms with Crippen molar-refractivity contribution < 1.29 is 9.53 Å². The summed E-state index contributed by atoms with van der Waals surface area (Å²) in [7, 11) is 1.51. The molecule has 100 valence electrons. The molecule has 0 saturated heterocycles. The zero-order chi connectivity index (χ0) is 13.7. The number of carbonyl (C=O) groups is 1. The summed E-state index contributed by atoms with van der Waals surface area (Å²) in [5, 5.41) is 0. The number of unbranched alkanes of at least 4 members (excludes halogenated alkanes) is 1. The first-order chi connectivity index (χ1) is 8.52. The van der Waals surface area contributed by atoms with Crippen LogP contribution in [0.15, 0.2) is 15.8 Å². The molecule has 0 atom stereocenters. The second-order valence-corrected chi connectivity index (χ2v) is 3.97. The smallest absolute Gasteiger partial charge is 0.345 e. The van der Waals surface area contributed by atoms with Gasteiger partial charge in [0.2, 0.25) is 0 Å². The molecule has 1 rings (SSSR count). The van der Waals surface area contributed by atoms with E-state index in [2.05, 4.69) is 0 Å². The maximum atomic E-state index is 12.0. The number of nitrogens with zero attached hydrogens (tertiary/aromatic N) is 2. The van der Waals surface area contributed by atoms with Gasteiger partial charge in [-0.25, -0.2) is 9.59 Å². The van der Waals surface area contributed by atoms with E-state index in [1.54, 1.807) is 6.92 Å². The van der Waals surface area contributed by atoms with E-state index in [9.17, 15) is 14.4 Å². The highest BCUT2D eigenvalue weighted by Gasteiger charge is 2.16. The standard InChI is InChI=1S/C12H18N2O4/c1-4-6-7-14-10(15)9(11(16)18-5-2)8-13(3)12(14)17/h8H,4-7H2,1-3H3. The normalized spacial score (nSPS) is 10.4. The van der Waals surface area contributed by atoms with Crippen LogP contribution in [0.4, 0.5) is 0 Å². The Balaban J connectivity index is 3.30. The molecule has 1 aromatic rings. The molecule has 0 spiro atoms. The summed E-state index contributed by atoms with van der Waals surface area (Å²) in [6.45, 7) is 4.13. The Kier molecular flexibility index (Phi) is 4.88. The molecule has 6 nitrogen and oxygen atoms in total. The van der Waals surface area contributed by atoms with Gasteiger partial charge < -0.3 is 9.30 Å². The molecule has 0 saturated carbocycles. The largest absolute Gasteiger partial charge is 0.462 e. The van der Waals surface area contributed by atoms with Crippen LogP contribution < -0.4 is 11.2 Å². The van der Waals surface area contributed by atoms with Crippen molar-refractivity contribution in [2.45, 2.75) is 33.2 Å². The molecule has 0 amide bonds. The van der Waals surface area contributed by atoms with E-state index in [1.165, 1.54) is 17.8 Å². The Morgan fingerprint density at radius 2 is 2.00 bits per heavy atom. The first kappa shape index (κ1) is 14.2. The van der Waals surface area contributed by atoms with Gasteiger partial charge >= 0.3 is 11.7 Å². The predicted octanol–water partition coefficient (Wildman–Crippen LogP) is 0.524. The van der Waals surface area contributed by atoms with Crippen molar-refractivity contribution in [1.29, 1.82) is 0 Å². The highest BCUT2D eigenvalue weighted by molar-refractivity contribution is 5.88. The molecule has 0 aliphatic rings. The van der Waals surface area contributed by atoms with E-state index in [-0.39, 0.29) is 12.2 Å². The Bertz CT molecular complexity index is 542. The molecule has 1 heterocycles. The fraction of sp³-hybridized carbons (Fsp3) is 0.583. The number of aryl methyl sites for hydroxylation is 1. The first-order valence-corrected chi connectivity index (χ1v) is 6.00. The van der Waals surface area contributed by atoms with Crippen molar-refractivity contribution in [2.75, 3.05) is 6.61 Å². The van der Waals surface area contributed by atoms with Crippen molar-refractivity contribution in [3.63, 3.8) is 0 Å². The Labute approximate surface area is 105 Å². The van der Waals surface area contributed by atoms with E-state index in [4.69, 9.17) is 4.74 Å². The lowest BCUT2D eigenvalue weighted by Gasteiger charge is -2.09. The average molecular weight is 254 g/mol. The van der Waals surface area contributed by atoms with Crippen LogP contribution in [0, 0.1) is 0 Å². The van der Waals surface area contributed by atoms with Crippen LogP contribution in [0.5, 0.6) is 0 Å². The number of hydrogen-bond acceptors (Lipinski definition) is 4. The molecule has 0 bridgehead atoms. The van der Waals surface area contributed by atoms with Crippen LogP contribution in [-0.4, -0.2) is 21.7 Å². The van der Waals surface area contributed by atoms with Gasteiger partial charge in [0, 0.05) is 19.8 Å². The number of hydrogen-bond donors (Lipinski definition) is 0. The van der Waals surface area contributed by atoms with E-state index < -0.39 is 17.2 Å². The molecule has 0 aliphatic heterocycles. The van der Waals surface area contributed by atoms with Crippen LogP contribution in [0.3, 0.4) is 0 Å². The lowest BCUT2D eigenvalue weighted by molar-refractivity contribution is 0.0522. The van der Waals surface area contributed by atoms with E-state index >= 15 is 0 Å². The lowest BCUT2D eigenvalue weighted by Crippen LogP contribution is -2.41. The van der Waals surface area contributed by atoms with Gasteiger partial charge in [-0.2, -0.15) is 0 Å². The Morgan fingerprint density at radius 3 is 2.56 bits per heavy atom. The number of ether oxygens (including phenoxy) is 1. The average Bonchev–Trinajstić information content (AvgIpc) is 2.34. The van der Waals surface area contributed by atoms with Gasteiger partial charge in [0.05, 0.1) is 6.61 Å². The minimum absolute atomic E-state index is 0.102. The summed E-state index contributed by atoms with van der Waals surface area (Å²) in [6, 6.07) is 0. The molecule has 0 radical (unpaired) electrons.